The van der Waals surface area contributed by atoms with Crippen molar-refractivity contribution in [1.29, 1.82) is 0 Å². The molecule has 0 unspecified atom stereocenters. The van der Waals surface area contributed by atoms with Crippen LogP contribution in [0.4, 0.5) is 0 Å². The molecule has 0 atom stereocenters. The van der Waals surface area contributed by atoms with Gasteiger partial charge in [-0.05, 0) is 31.6 Å². The number of aromatic amines is 1. The fraction of sp³-hybridized carbons (Fsp3) is 0.364. The normalized spacial score (nSPS) is 12.4. The fourth-order valence-corrected chi connectivity index (χ4v) is 4.98. The van der Waals surface area contributed by atoms with Crippen molar-refractivity contribution in [1.82, 2.24) is 19.5 Å². The fourth-order valence-electron chi connectivity index (χ4n) is 3.73. The predicted molar refractivity (Wildman–Crippen MR) is 122 cm³/mol. The molecule has 0 aliphatic heterocycles. The molecule has 0 aliphatic carbocycles. The second-order valence-electron chi connectivity index (χ2n) is 7.94. The first kappa shape index (κ1) is 21.0. The average molecular weight is 435 g/mol. The predicted octanol–water partition coefficient (Wildman–Crippen LogP) is 4.69. The smallest absolute Gasteiger partial charge is 0.229 e. The highest BCUT2D eigenvalue weighted by atomic mass is 28.2. The summed E-state index contributed by atoms with van der Waals surface area (Å²) >= 11 is 0. The van der Waals surface area contributed by atoms with Gasteiger partial charge in [-0.2, -0.15) is 0 Å². The molecule has 0 bridgehead atoms. The van der Waals surface area contributed by atoms with Gasteiger partial charge < -0.3 is 18.4 Å². The van der Waals surface area contributed by atoms with Crippen molar-refractivity contribution in [2.75, 3.05) is 0 Å². The van der Waals surface area contributed by atoms with Gasteiger partial charge in [0.15, 0.2) is 5.65 Å². The van der Waals surface area contributed by atoms with Gasteiger partial charge in [-0.25, -0.2) is 4.98 Å². The molecule has 3 heterocycles. The Morgan fingerprint density at radius 2 is 1.83 bits per heavy atom. The van der Waals surface area contributed by atoms with Crippen LogP contribution in [0, 0.1) is 5.41 Å². The van der Waals surface area contributed by atoms with Crippen LogP contribution in [-0.2, 0) is 15.4 Å². The van der Waals surface area contributed by atoms with Gasteiger partial charge in [-0.15, -0.1) is 0 Å². The van der Waals surface area contributed by atoms with Gasteiger partial charge >= 0.3 is 0 Å². The first-order chi connectivity index (χ1) is 14.5. The Hall–Kier alpha value is -2.27. The van der Waals surface area contributed by atoms with Gasteiger partial charge in [0, 0.05) is 47.0 Å². The van der Waals surface area contributed by atoms with Gasteiger partial charge in [0.25, 0.3) is 0 Å². The number of benzene rings is 1. The van der Waals surface area contributed by atoms with E-state index in [4.69, 9.17) is 8.85 Å². The maximum atomic E-state index is 5.92. The summed E-state index contributed by atoms with van der Waals surface area (Å²) in [5.74, 6) is 0. The summed E-state index contributed by atoms with van der Waals surface area (Å²) in [6, 6.07) is 10.6. The van der Waals surface area contributed by atoms with E-state index in [1.165, 1.54) is 10.9 Å². The van der Waals surface area contributed by atoms with Crippen molar-refractivity contribution in [3.63, 3.8) is 0 Å². The first-order valence-corrected chi connectivity index (χ1v) is 12.9. The van der Waals surface area contributed by atoms with E-state index in [1.54, 1.807) is 12.4 Å². The summed E-state index contributed by atoms with van der Waals surface area (Å²) in [6.07, 6.45) is 6.42. The SMILES string of the molecule is C[Si]OC(O[Si]C)C(C)(C)CCn1cc(-c2cc3nccnc3[nH]2)c2ccccc21. The number of rotatable bonds is 9. The number of hydrogen-bond acceptors (Lipinski definition) is 4. The third-order valence-corrected chi connectivity index (χ3v) is 6.32. The Morgan fingerprint density at radius 1 is 1.10 bits per heavy atom. The summed E-state index contributed by atoms with van der Waals surface area (Å²) in [4.78, 5) is 12.2. The summed E-state index contributed by atoms with van der Waals surface area (Å²) in [5.41, 5.74) is 5.02. The van der Waals surface area contributed by atoms with Crippen LogP contribution < -0.4 is 0 Å². The molecule has 6 nitrogen and oxygen atoms in total. The lowest BCUT2D eigenvalue weighted by molar-refractivity contribution is -0.0832. The summed E-state index contributed by atoms with van der Waals surface area (Å²) in [6.45, 7) is 9.41. The molecule has 0 fully saturated rings. The average Bonchev–Trinajstić information content (AvgIpc) is 3.33. The number of fused-ring (bicyclic) bond motifs is 2. The minimum absolute atomic E-state index is 0.0908. The molecule has 0 amide bonds. The third kappa shape index (κ3) is 4.13. The first-order valence-electron chi connectivity index (χ1n) is 10.1. The van der Waals surface area contributed by atoms with E-state index in [0.29, 0.717) is 19.5 Å². The number of hydrogen-bond donors (Lipinski definition) is 1. The van der Waals surface area contributed by atoms with Crippen LogP contribution in [0.3, 0.4) is 0 Å². The van der Waals surface area contributed by atoms with Gasteiger partial charge in [0.05, 0.1) is 5.69 Å². The number of H-pyrrole nitrogens is 1. The van der Waals surface area contributed by atoms with Crippen LogP contribution in [0.5, 0.6) is 0 Å². The quantitative estimate of drug-likeness (QED) is 0.307. The number of para-hydroxylation sites is 1. The van der Waals surface area contributed by atoms with E-state index in [0.717, 1.165) is 35.4 Å². The topological polar surface area (TPSA) is 65.0 Å². The van der Waals surface area contributed by atoms with Crippen molar-refractivity contribution < 1.29 is 8.85 Å². The van der Waals surface area contributed by atoms with Crippen LogP contribution in [0.15, 0.2) is 48.9 Å². The molecule has 1 N–H and O–H groups in total. The maximum Gasteiger partial charge on any atom is 0.229 e. The van der Waals surface area contributed by atoms with Crippen molar-refractivity contribution >= 4 is 41.6 Å². The van der Waals surface area contributed by atoms with Crippen molar-refractivity contribution in [2.45, 2.75) is 46.2 Å². The number of nitrogens with one attached hydrogen (secondary N) is 1. The molecule has 0 spiro atoms. The molecule has 0 aliphatic rings. The monoisotopic (exact) mass is 434 g/mol. The van der Waals surface area contributed by atoms with E-state index in [9.17, 15) is 0 Å². The van der Waals surface area contributed by atoms with E-state index < -0.39 is 0 Å². The maximum absolute atomic E-state index is 5.92. The van der Waals surface area contributed by atoms with E-state index in [-0.39, 0.29) is 11.7 Å². The number of aromatic nitrogens is 4. The lowest BCUT2D eigenvalue weighted by Crippen LogP contribution is -2.36. The summed E-state index contributed by atoms with van der Waals surface area (Å²) in [7, 11) is 0.827. The Morgan fingerprint density at radius 3 is 2.57 bits per heavy atom. The Balaban J connectivity index is 1.65. The molecule has 0 saturated carbocycles. The molecule has 4 radical (unpaired) electrons. The minimum Gasteiger partial charge on any atom is -0.394 e. The minimum atomic E-state index is -0.184. The molecule has 4 rings (SSSR count). The Kier molecular flexibility index (Phi) is 6.19. The zero-order valence-electron chi connectivity index (χ0n) is 17.8. The molecule has 30 heavy (non-hydrogen) atoms. The van der Waals surface area contributed by atoms with Gasteiger partial charge in [0.1, 0.15) is 11.8 Å². The lowest BCUT2D eigenvalue weighted by atomic mass is 9.88. The van der Waals surface area contributed by atoms with Gasteiger partial charge in [-0.3, -0.25) is 4.98 Å². The molecular weight excluding hydrogens is 408 g/mol. The van der Waals surface area contributed by atoms with Crippen LogP contribution in [0.25, 0.3) is 33.3 Å². The molecule has 3 aromatic heterocycles. The molecule has 4 aromatic rings. The summed E-state index contributed by atoms with van der Waals surface area (Å²) < 4.78 is 14.2. The lowest BCUT2D eigenvalue weighted by Gasteiger charge is -2.34. The van der Waals surface area contributed by atoms with Crippen LogP contribution in [0.1, 0.15) is 20.3 Å². The molecule has 1 aromatic carbocycles. The van der Waals surface area contributed by atoms with Crippen LogP contribution in [-0.4, -0.2) is 45.3 Å². The van der Waals surface area contributed by atoms with Crippen molar-refractivity contribution in [3.8, 4) is 11.3 Å². The van der Waals surface area contributed by atoms with E-state index in [2.05, 4.69) is 69.9 Å². The van der Waals surface area contributed by atoms with Gasteiger partial charge in [0.2, 0.25) is 19.5 Å². The second kappa shape index (κ2) is 8.85. The van der Waals surface area contributed by atoms with Crippen molar-refractivity contribution in [3.05, 3.63) is 48.9 Å². The Labute approximate surface area is 181 Å². The van der Waals surface area contributed by atoms with E-state index in [1.807, 2.05) is 13.1 Å². The number of aryl methyl sites for hydroxylation is 1. The number of nitrogens with zero attached hydrogens (tertiary/aromatic N) is 3. The van der Waals surface area contributed by atoms with Crippen LogP contribution in [0.2, 0.25) is 13.1 Å². The zero-order chi connectivity index (χ0) is 21.1. The Bertz CT molecular complexity index is 1100. The molecular formula is C22H26N4O2Si2. The highest BCUT2D eigenvalue weighted by Gasteiger charge is 2.30. The zero-order valence-corrected chi connectivity index (χ0v) is 19.8. The van der Waals surface area contributed by atoms with Crippen LogP contribution >= 0.6 is 0 Å². The molecule has 154 valence electrons. The van der Waals surface area contributed by atoms with Crippen molar-refractivity contribution in [2.24, 2.45) is 5.41 Å². The third-order valence-electron chi connectivity index (χ3n) is 5.42. The summed E-state index contributed by atoms with van der Waals surface area (Å²) in [5, 5.41) is 1.22. The standard InChI is InChI=1S/C22H26N4O2Si2/c1-22(2,21(27-29-3)28-30-4)9-12-26-14-16(15-7-5-6-8-19(15)26)17-13-18-20(25-17)24-11-10-23-18/h5-8,10-11,13-14,21H,9,12H2,1-4H3,(H,24,25). The second-order valence-corrected chi connectivity index (χ2v) is 9.23. The van der Waals surface area contributed by atoms with E-state index >= 15 is 0 Å². The highest BCUT2D eigenvalue weighted by molar-refractivity contribution is 6.26. The molecule has 8 heteroatoms. The highest BCUT2D eigenvalue weighted by Crippen LogP contribution is 2.34. The largest absolute Gasteiger partial charge is 0.394 e. The molecule has 0 saturated heterocycles. The van der Waals surface area contributed by atoms with Gasteiger partial charge in [-0.1, -0.05) is 32.0 Å².